The molecule has 0 fully saturated rings. The molecule has 1 heterocycles. The van der Waals surface area contributed by atoms with Gasteiger partial charge in [0.25, 0.3) is 0 Å². The molecule has 0 saturated heterocycles. The predicted octanol–water partition coefficient (Wildman–Crippen LogP) is 2.71. The first kappa shape index (κ1) is 18.6. The zero-order valence-electron chi connectivity index (χ0n) is 15.5. The molecule has 0 saturated carbocycles. The fourth-order valence-corrected chi connectivity index (χ4v) is 2.54. The third-order valence-corrected chi connectivity index (χ3v) is 3.61. The minimum absolute atomic E-state index is 0.146. The van der Waals surface area contributed by atoms with Gasteiger partial charge in [0.15, 0.2) is 5.96 Å². The van der Waals surface area contributed by atoms with Crippen molar-refractivity contribution in [3.8, 4) is 11.6 Å². The lowest BCUT2D eigenvalue weighted by atomic mass is 10.2. The third kappa shape index (κ3) is 4.89. The van der Waals surface area contributed by atoms with Gasteiger partial charge in [-0.2, -0.15) is 5.10 Å². The lowest BCUT2D eigenvalue weighted by Crippen LogP contribution is -2.22. The Morgan fingerprint density at radius 2 is 2.00 bits per heavy atom. The Hall–Kier alpha value is -2.70. The van der Waals surface area contributed by atoms with Gasteiger partial charge in [-0.15, -0.1) is 0 Å². The molecule has 0 atom stereocenters. The molecule has 0 radical (unpaired) electrons. The molecule has 25 heavy (non-hydrogen) atoms. The van der Waals surface area contributed by atoms with Gasteiger partial charge in [0.1, 0.15) is 5.75 Å². The number of aryl methyl sites for hydroxylation is 2. The third-order valence-electron chi connectivity index (χ3n) is 3.61. The Kier molecular flexibility index (Phi) is 6.27. The number of methoxy groups -OCH3 is 1. The molecule has 0 bridgehead atoms. The van der Waals surface area contributed by atoms with E-state index >= 15 is 0 Å². The van der Waals surface area contributed by atoms with Crippen LogP contribution in [-0.4, -0.2) is 29.0 Å². The number of guanidine groups is 1. The van der Waals surface area contributed by atoms with Gasteiger partial charge >= 0.3 is 0 Å². The highest BCUT2D eigenvalue weighted by Gasteiger charge is 2.15. The highest BCUT2D eigenvalue weighted by atomic mass is 16.5. The first-order chi connectivity index (χ1) is 11.9. The van der Waals surface area contributed by atoms with Crippen molar-refractivity contribution in [2.24, 2.45) is 17.8 Å². The largest absolute Gasteiger partial charge is 0.491 e. The number of anilines is 1. The number of nitrogens with two attached hydrogens (primary N) is 1. The average molecular weight is 345 g/mol. The van der Waals surface area contributed by atoms with Crippen molar-refractivity contribution in [3.63, 3.8) is 0 Å². The van der Waals surface area contributed by atoms with E-state index in [0.717, 1.165) is 29.1 Å². The molecule has 1 aromatic heterocycles. The maximum atomic E-state index is 6.00. The van der Waals surface area contributed by atoms with Crippen molar-refractivity contribution >= 4 is 11.6 Å². The number of rotatable bonds is 7. The summed E-state index contributed by atoms with van der Waals surface area (Å²) in [6.07, 6.45) is 0.958. The van der Waals surface area contributed by atoms with E-state index in [9.17, 15) is 0 Å². The van der Waals surface area contributed by atoms with Gasteiger partial charge < -0.3 is 20.5 Å². The fraction of sp³-hybridized carbons (Fsp3) is 0.444. The van der Waals surface area contributed by atoms with E-state index in [1.54, 1.807) is 11.8 Å². The van der Waals surface area contributed by atoms with Crippen molar-refractivity contribution in [3.05, 3.63) is 35.5 Å². The smallest absolute Gasteiger partial charge is 0.216 e. The molecule has 0 aliphatic rings. The molecule has 7 nitrogen and oxygen atoms in total. The van der Waals surface area contributed by atoms with Crippen LogP contribution < -0.4 is 20.5 Å². The Bertz CT molecular complexity index is 720. The minimum atomic E-state index is 0.146. The number of hydrogen-bond donors (Lipinski definition) is 2. The van der Waals surface area contributed by atoms with Crippen LogP contribution in [0.15, 0.2) is 29.3 Å². The van der Waals surface area contributed by atoms with E-state index in [1.165, 1.54) is 0 Å². The van der Waals surface area contributed by atoms with Crippen LogP contribution in [0.3, 0.4) is 0 Å². The number of nitrogens with zero attached hydrogens (tertiary/aromatic N) is 3. The maximum absolute atomic E-state index is 6.00. The highest BCUT2D eigenvalue weighted by Crippen LogP contribution is 2.23. The average Bonchev–Trinajstić information content (AvgIpc) is 2.89. The van der Waals surface area contributed by atoms with Crippen LogP contribution in [0.5, 0.6) is 11.6 Å². The van der Waals surface area contributed by atoms with Crippen molar-refractivity contribution < 1.29 is 9.47 Å². The Labute approximate surface area is 148 Å². The summed E-state index contributed by atoms with van der Waals surface area (Å²) < 4.78 is 12.8. The number of aliphatic imine (C=N–C) groups is 1. The SMILES string of the molecule is CCc1nn(C)c(OC)c1CN=C(N)Nc1ccc(OC(C)C)cc1. The molecule has 7 heteroatoms. The number of nitrogens with one attached hydrogen (secondary N) is 1. The van der Waals surface area contributed by atoms with Gasteiger partial charge in [-0.3, -0.25) is 0 Å². The van der Waals surface area contributed by atoms with Gasteiger partial charge in [0, 0.05) is 12.7 Å². The number of aromatic nitrogens is 2. The second-order valence-corrected chi connectivity index (χ2v) is 5.93. The number of hydrogen-bond acceptors (Lipinski definition) is 4. The van der Waals surface area contributed by atoms with Crippen LogP contribution in [0, 0.1) is 0 Å². The molecular formula is C18H27N5O2. The van der Waals surface area contributed by atoms with E-state index in [1.807, 2.05) is 45.2 Å². The van der Waals surface area contributed by atoms with Gasteiger partial charge in [-0.05, 0) is 44.5 Å². The normalized spacial score (nSPS) is 11.7. The summed E-state index contributed by atoms with van der Waals surface area (Å²) in [4.78, 5) is 4.41. The molecule has 0 aliphatic carbocycles. The maximum Gasteiger partial charge on any atom is 0.216 e. The summed E-state index contributed by atoms with van der Waals surface area (Å²) in [5.74, 6) is 1.87. The topological polar surface area (TPSA) is 86.7 Å². The summed E-state index contributed by atoms with van der Waals surface area (Å²) >= 11 is 0. The standard InChI is InChI=1S/C18H27N5O2/c1-6-16-15(17(24-5)23(4)22-16)11-20-18(19)21-13-7-9-14(10-8-13)25-12(2)3/h7-10,12H,6,11H2,1-5H3,(H3,19,20,21). The summed E-state index contributed by atoms with van der Waals surface area (Å²) in [7, 11) is 3.49. The molecule has 2 rings (SSSR count). The van der Waals surface area contributed by atoms with Gasteiger partial charge in [0.05, 0.1) is 31.0 Å². The Morgan fingerprint density at radius 3 is 2.56 bits per heavy atom. The number of ether oxygens (including phenoxy) is 2. The van der Waals surface area contributed by atoms with Gasteiger partial charge in [-0.25, -0.2) is 9.67 Å². The van der Waals surface area contributed by atoms with E-state index in [4.69, 9.17) is 15.2 Å². The van der Waals surface area contributed by atoms with E-state index in [2.05, 4.69) is 22.3 Å². The monoisotopic (exact) mass is 345 g/mol. The fourth-order valence-electron chi connectivity index (χ4n) is 2.54. The van der Waals surface area contributed by atoms with Crippen LogP contribution in [0.4, 0.5) is 5.69 Å². The molecule has 0 amide bonds. The second-order valence-electron chi connectivity index (χ2n) is 5.93. The molecule has 136 valence electrons. The van der Waals surface area contributed by atoms with Crippen LogP contribution in [-0.2, 0) is 20.0 Å². The second kappa shape index (κ2) is 8.41. The van der Waals surface area contributed by atoms with Crippen molar-refractivity contribution in [2.75, 3.05) is 12.4 Å². The lowest BCUT2D eigenvalue weighted by Gasteiger charge is -2.11. The molecule has 0 aliphatic heterocycles. The Balaban J connectivity index is 2.05. The van der Waals surface area contributed by atoms with Crippen molar-refractivity contribution in [2.45, 2.75) is 39.8 Å². The van der Waals surface area contributed by atoms with Crippen molar-refractivity contribution in [1.82, 2.24) is 9.78 Å². The van der Waals surface area contributed by atoms with Crippen LogP contribution in [0.25, 0.3) is 0 Å². The van der Waals surface area contributed by atoms with Crippen molar-refractivity contribution in [1.29, 1.82) is 0 Å². The van der Waals surface area contributed by atoms with Gasteiger partial charge in [-0.1, -0.05) is 6.92 Å². The highest BCUT2D eigenvalue weighted by molar-refractivity contribution is 5.92. The van der Waals surface area contributed by atoms with Crippen LogP contribution >= 0.6 is 0 Å². The van der Waals surface area contributed by atoms with Crippen LogP contribution in [0.2, 0.25) is 0 Å². The summed E-state index contributed by atoms with van der Waals surface area (Å²) in [5.41, 5.74) is 8.78. The molecule has 0 spiro atoms. The van der Waals surface area contributed by atoms with E-state index in [-0.39, 0.29) is 6.10 Å². The van der Waals surface area contributed by atoms with Crippen LogP contribution in [0.1, 0.15) is 32.0 Å². The predicted molar refractivity (Wildman–Crippen MR) is 100 cm³/mol. The first-order valence-corrected chi connectivity index (χ1v) is 8.37. The quantitative estimate of drug-likeness (QED) is 0.595. The zero-order valence-corrected chi connectivity index (χ0v) is 15.5. The minimum Gasteiger partial charge on any atom is -0.491 e. The van der Waals surface area contributed by atoms with Gasteiger partial charge in [0.2, 0.25) is 5.88 Å². The van der Waals surface area contributed by atoms with E-state index in [0.29, 0.717) is 18.4 Å². The Morgan fingerprint density at radius 1 is 1.32 bits per heavy atom. The molecule has 0 unspecified atom stereocenters. The first-order valence-electron chi connectivity index (χ1n) is 8.37. The molecular weight excluding hydrogens is 318 g/mol. The van der Waals surface area contributed by atoms with E-state index < -0.39 is 0 Å². The zero-order chi connectivity index (χ0) is 18.4. The molecule has 3 N–H and O–H groups in total. The summed E-state index contributed by atoms with van der Waals surface area (Å²) in [6.45, 7) is 6.45. The summed E-state index contributed by atoms with van der Waals surface area (Å²) in [6, 6.07) is 7.61. The molecule has 2 aromatic rings. The lowest BCUT2D eigenvalue weighted by molar-refractivity contribution is 0.242. The molecule has 1 aromatic carbocycles. The summed E-state index contributed by atoms with van der Waals surface area (Å²) in [5, 5.41) is 7.52. The number of benzene rings is 1.